The maximum Gasteiger partial charge on any atom is 0.208 e. The van der Waals surface area contributed by atoms with Gasteiger partial charge in [-0.05, 0) is 30.5 Å². The van der Waals surface area contributed by atoms with Gasteiger partial charge in [0.25, 0.3) is 0 Å². The van der Waals surface area contributed by atoms with Crippen molar-refractivity contribution in [3.8, 4) is 10.6 Å². The molecule has 5 nitrogen and oxygen atoms in total. The minimum atomic E-state index is -3.13. The van der Waals surface area contributed by atoms with Crippen LogP contribution in [-0.4, -0.2) is 32.7 Å². The summed E-state index contributed by atoms with van der Waals surface area (Å²) in [7, 11) is -3.13. The Balaban J connectivity index is 1.51. The molecule has 0 unspecified atom stereocenters. The van der Waals surface area contributed by atoms with E-state index in [1.807, 2.05) is 18.2 Å². The van der Waals surface area contributed by atoms with Gasteiger partial charge in [-0.15, -0.1) is 22.7 Å². The molecule has 0 aliphatic carbocycles. The fraction of sp³-hybridized carbons (Fsp3) is 0.278. The molecule has 3 rings (SSSR count). The maximum atomic E-state index is 11.1. The third-order valence-electron chi connectivity index (χ3n) is 3.69. The van der Waals surface area contributed by atoms with Crippen molar-refractivity contribution in [3.05, 3.63) is 58.3 Å². The van der Waals surface area contributed by atoms with Crippen LogP contribution in [0, 0.1) is 0 Å². The fourth-order valence-electron chi connectivity index (χ4n) is 2.44. The minimum Gasteiger partial charge on any atom is -0.361 e. The van der Waals surface area contributed by atoms with Gasteiger partial charge < -0.3 is 5.32 Å². The highest BCUT2D eigenvalue weighted by atomic mass is 32.2. The van der Waals surface area contributed by atoms with Gasteiger partial charge in [0.2, 0.25) is 10.0 Å². The van der Waals surface area contributed by atoms with Crippen LogP contribution in [0.2, 0.25) is 0 Å². The third kappa shape index (κ3) is 5.91. The second-order valence-electron chi connectivity index (χ2n) is 5.88. The zero-order valence-electron chi connectivity index (χ0n) is 14.4. The molecule has 0 fully saturated rings. The van der Waals surface area contributed by atoms with Gasteiger partial charge in [-0.2, -0.15) is 0 Å². The van der Waals surface area contributed by atoms with Crippen LogP contribution in [0.1, 0.15) is 10.4 Å². The molecule has 0 bridgehead atoms. The average molecular weight is 408 g/mol. The number of sulfonamides is 1. The molecule has 8 heteroatoms. The Kier molecular flexibility index (Phi) is 6.42. The molecule has 0 saturated heterocycles. The third-order valence-corrected chi connectivity index (χ3v) is 6.38. The van der Waals surface area contributed by atoms with Crippen LogP contribution in [-0.2, 0) is 22.9 Å². The van der Waals surface area contributed by atoms with Crippen molar-refractivity contribution < 1.29 is 8.42 Å². The number of thiophene rings is 1. The normalized spacial score (nSPS) is 11.6. The van der Waals surface area contributed by atoms with Crippen LogP contribution in [0.15, 0.2) is 47.8 Å². The zero-order chi connectivity index (χ0) is 18.4. The molecule has 2 heterocycles. The summed E-state index contributed by atoms with van der Waals surface area (Å²) in [6.45, 7) is 1.27. The molecular formula is C18H21N3O2S3. The Labute approximate surface area is 162 Å². The van der Waals surface area contributed by atoms with Gasteiger partial charge in [-0.25, -0.2) is 18.1 Å². The van der Waals surface area contributed by atoms with E-state index in [-0.39, 0.29) is 0 Å². The van der Waals surface area contributed by atoms with E-state index in [1.165, 1.54) is 11.8 Å². The van der Waals surface area contributed by atoms with E-state index in [9.17, 15) is 8.42 Å². The molecular weight excluding hydrogens is 386 g/mol. The first-order valence-corrected chi connectivity index (χ1v) is 11.9. The number of anilines is 1. The summed E-state index contributed by atoms with van der Waals surface area (Å²) in [6, 6.07) is 14.5. The Morgan fingerprint density at radius 3 is 2.62 bits per heavy atom. The standard InChI is InChI=1S/C18H21N3O2S3/c1-26(22,23)20-12-10-15-7-8-17(25-15)16-13-24-18(21-16)19-11-9-14-5-3-2-4-6-14/h2-8,13,20H,9-12H2,1H3,(H,19,21). The smallest absolute Gasteiger partial charge is 0.208 e. The Morgan fingerprint density at radius 1 is 1.04 bits per heavy atom. The largest absolute Gasteiger partial charge is 0.361 e. The lowest BCUT2D eigenvalue weighted by atomic mass is 10.2. The van der Waals surface area contributed by atoms with Gasteiger partial charge in [-0.1, -0.05) is 30.3 Å². The number of rotatable bonds is 9. The summed E-state index contributed by atoms with van der Waals surface area (Å²) >= 11 is 3.25. The second-order valence-corrected chi connectivity index (χ2v) is 9.74. The molecule has 0 saturated carbocycles. The van der Waals surface area contributed by atoms with E-state index in [1.54, 1.807) is 22.7 Å². The first kappa shape index (κ1) is 19.0. The highest BCUT2D eigenvalue weighted by molar-refractivity contribution is 7.88. The van der Waals surface area contributed by atoms with E-state index >= 15 is 0 Å². The van der Waals surface area contributed by atoms with Crippen LogP contribution in [0.5, 0.6) is 0 Å². The number of aromatic nitrogens is 1. The van der Waals surface area contributed by atoms with Crippen LogP contribution < -0.4 is 10.0 Å². The number of hydrogen-bond donors (Lipinski definition) is 2. The summed E-state index contributed by atoms with van der Waals surface area (Å²) in [5.41, 5.74) is 2.27. The molecule has 2 N–H and O–H groups in total. The van der Waals surface area contributed by atoms with E-state index in [0.717, 1.165) is 33.5 Å². The lowest BCUT2D eigenvalue weighted by molar-refractivity contribution is 0.588. The van der Waals surface area contributed by atoms with Crippen LogP contribution >= 0.6 is 22.7 Å². The van der Waals surface area contributed by atoms with Gasteiger partial charge >= 0.3 is 0 Å². The van der Waals surface area contributed by atoms with E-state index in [2.05, 4.69) is 44.7 Å². The highest BCUT2D eigenvalue weighted by Gasteiger charge is 2.08. The van der Waals surface area contributed by atoms with Crippen molar-refractivity contribution in [1.29, 1.82) is 0 Å². The quantitative estimate of drug-likeness (QED) is 0.568. The van der Waals surface area contributed by atoms with Crippen LogP contribution in [0.4, 0.5) is 5.13 Å². The first-order valence-electron chi connectivity index (χ1n) is 8.27. The number of nitrogens with one attached hydrogen (secondary N) is 2. The van der Waals surface area contributed by atoms with Crippen molar-refractivity contribution in [2.75, 3.05) is 24.7 Å². The molecule has 138 valence electrons. The molecule has 2 aromatic heterocycles. The summed E-state index contributed by atoms with van der Waals surface area (Å²) < 4.78 is 24.7. The van der Waals surface area contributed by atoms with Gasteiger partial charge in [0.1, 0.15) is 0 Å². The SMILES string of the molecule is CS(=O)(=O)NCCc1ccc(-c2csc(NCCc3ccccc3)n2)s1. The number of benzene rings is 1. The van der Waals surface area contributed by atoms with Crippen molar-refractivity contribution in [2.45, 2.75) is 12.8 Å². The highest BCUT2D eigenvalue weighted by Crippen LogP contribution is 2.30. The lowest BCUT2D eigenvalue weighted by Crippen LogP contribution is -2.23. The first-order chi connectivity index (χ1) is 12.5. The Hall–Kier alpha value is -1.74. The minimum absolute atomic E-state index is 0.419. The van der Waals surface area contributed by atoms with Crippen molar-refractivity contribution in [1.82, 2.24) is 9.71 Å². The monoisotopic (exact) mass is 407 g/mol. The average Bonchev–Trinajstić information content (AvgIpc) is 3.24. The summed E-state index contributed by atoms with van der Waals surface area (Å²) in [5, 5.41) is 6.35. The summed E-state index contributed by atoms with van der Waals surface area (Å²) in [5.74, 6) is 0. The molecule has 0 radical (unpaired) electrons. The maximum absolute atomic E-state index is 11.1. The molecule has 3 aromatic rings. The predicted molar refractivity (Wildman–Crippen MR) is 111 cm³/mol. The van der Waals surface area contributed by atoms with Crippen molar-refractivity contribution in [3.63, 3.8) is 0 Å². The summed E-state index contributed by atoms with van der Waals surface area (Å²) in [6.07, 6.45) is 2.82. The fourth-order valence-corrected chi connectivity index (χ4v) is 4.69. The van der Waals surface area contributed by atoms with Crippen molar-refractivity contribution in [2.24, 2.45) is 0 Å². The van der Waals surface area contributed by atoms with E-state index in [0.29, 0.717) is 13.0 Å². The van der Waals surface area contributed by atoms with Gasteiger partial charge in [-0.3, -0.25) is 0 Å². The summed E-state index contributed by atoms with van der Waals surface area (Å²) in [4.78, 5) is 6.90. The molecule has 0 spiro atoms. The number of nitrogens with zero attached hydrogens (tertiary/aromatic N) is 1. The molecule has 0 atom stereocenters. The topological polar surface area (TPSA) is 71.1 Å². The molecule has 1 aromatic carbocycles. The molecule has 0 aliphatic heterocycles. The number of thiazole rings is 1. The van der Waals surface area contributed by atoms with Crippen LogP contribution in [0.3, 0.4) is 0 Å². The van der Waals surface area contributed by atoms with Gasteiger partial charge in [0.05, 0.1) is 16.8 Å². The second kappa shape index (κ2) is 8.77. The molecule has 26 heavy (non-hydrogen) atoms. The van der Waals surface area contributed by atoms with Gasteiger partial charge in [0, 0.05) is 23.3 Å². The Morgan fingerprint density at radius 2 is 1.85 bits per heavy atom. The lowest BCUT2D eigenvalue weighted by Gasteiger charge is -2.02. The Bertz CT molecular complexity index is 934. The number of hydrogen-bond acceptors (Lipinski definition) is 6. The van der Waals surface area contributed by atoms with Crippen LogP contribution in [0.25, 0.3) is 10.6 Å². The van der Waals surface area contributed by atoms with Crippen molar-refractivity contribution >= 4 is 37.8 Å². The predicted octanol–water partition coefficient (Wildman–Crippen LogP) is 3.62. The van der Waals surface area contributed by atoms with Gasteiger partial charge in [0.15, 0.2) is 5.13 Å². The van der Waals surface area contributed by atoms with E-state index < -0.39 is 10.0 Å². The molecule has 0 amide bonds. The molecule has 0 aliphatic rings. The zero-order valence-corrected chi connectivity index (χ0v) is 16.9. The van der Waals surface area contributed by atoms with E-state index in [4.69, 9.17) is 0 Å².